The minimum Gasteiger partial charge on any atom is -0.303 e. The van der Waals surface area contributed by atoms with Crippen LogP contribution in [-0.2, 0) is 0 Å². The van der Waals surface area contributed by atoms with Crippen molar-refractivity contribution in [2.75, 3.05) is 4.90 Å². The van der Waals surface area contributed by atoms with E-state index in [2.05, 4.69) is 6.07 Å². The van der Waals surface area contributed by atoms with E-state index in [-0.39, 0.29) is 18.2 Å². The van der Waals surface area contributed by atoms with Gasteiger partial charge < -0.3 is 4.90 Å². The lowest BCUT2D eigenvalue weighted by atomic mass is 9.92. The van der Waals surface area contributed by atoms with Crippen molar-refractivity contribution in [1.82, 2.24) is 0 Å². The summed E-state index contributed by atoms with van der Waals surface area (Å²) in [5.41, 5.74) is 0.130. The van der Waals surface area contributed by atoms with Crippen molar-refractivity contribution in [3.05, 3.63) is 29.8 Å². The fourth-order valence-corrected chi connectivity index (χ4v) is 2.56. The summed E-state index contributed by atoms with van der Waals surface area (Å²) >= 11 is 0. The Kier molecular flexibility index (Phi) is 2.44. The van der Waals surface area contributed by atoms with Crippen LogP contribution in [0.4, 0.5) is 5.69 Å². The number of halogens is 1. The van der Waals surface area contributed by atoms with Crippen LogP contribution in [0.3, 0.4) is 0 Å². The summed E-state index contributed by atoms with van der Waals surface area (Å²) in [7, 11) is 0. The quantitative estimate of drug-likeness (QED) is 0.764. The zero-order valence-corrected chi connectivity index (χ0v) is 9.75. The molecule has 0 aromatic heterocycles. The average Bonchev–Trinajstić information content (AvgIpc) is 2.77. The van der Waals surface area contributed by atoms with Gasteiger partial charge in [0.25, 0.3) is 0 Å². The van der Waals surface area contributed by atoms with E-state index in [1.54, 1.807) is 23.1 Å². The van der Waals surface area contributed by atoms with Gasteiger partial charge in [-0.05, 0) is 18.6 Å². The van der Waals surface area contributed by atoms with E-state index < -0.39 is 5.54 Å². The first-order chi connectivity index (χ1) is 7.70. The van der Waals surface area contributed by atoms with Gasteiger partial charge in [0.1, 0.15) is 5.84 Å². The fraction of sp³-hybridized carbons (Fsp3) is 0.250. The second kappa shape index (κ2) is 3.57. The molecule has 1 N–H and O–H groups in total. The lowest BCUT2D eigenvalue weighted by Gasteiger charge is -2.24. The van der Waals surface area contributed by atoms with E-state index in [0.717, 1.165) is 0 Å². The standard InChI is InChI=1S/C12H9N3O.ClH/c13-7-12-6-5-10(14)15(12)9-4-2-1-3-8(9)11(12)16;/h1-4,14H,5-6H2;1H. The molecule has 0 saturated carbocycles. The smallest absolute Gasteiger partial charge is 0.205 e. The second-order valence-electron chi connectivity index (χ2n) is 4.10. The molecule has 0 bridgehead atoms. The molecule has 0 spiro atoms. The summed E-state index contributed by atoms with van der Waals surface area (Å²) in [5, 5.41) is 17.1. The largest absolute Gasteiger partial charge is 0.303 e. The number of fused-ring (bicyclic) bond motifs is 3. The molecule has 0 radical (unpaired) electrons. The number of nitriles is 1. The zero-order chi connectivity index (χ0) is 11.3. The minimum absolute atomic E-state index is 0. The lowest BCUT2D eigenvalue weighted by Crippen LogP contribution is -2.45. The van der Waals surface area contributed by atoms with Crippen LogP contribution in [0.1, 0.15) is 23.2 Å². The number of ketones is 1. The van der Waals surface area contributed by atoms with Crippen molar-refractivity contribution in [2.24, 2.45) is 0 Å². The van der Waals surface area contributed by atoms with Gasteiger partial charge in [0, 0.05) is 12.0 Å². The second-order valence-corrected chi connectivity index (χ2v) is 4.10. The van der Waals surface area contributed by atoms with Crippen molar-refractivity contribution >= 4 is 29.7 Å². The molecule has 3 rings (SSSR count). The Morgan fingerprint density at radius 2 is 2.12 bits per heavy atom. The minimum atomic E-state index is -1.14. The summed E-state index contributed by atoms with van der Waals surface area (Å²) in [4.78, 5) is 13.8. The van der Waals surface area contributed by atoms with Crippen molar-refractivity contribution in [3.8, 4) is 6.07 Å². The third kappa shape index (κ3) is 1.17. The zero-order valence-electron chi connectivity index (χ0n) is 8.93. The lowest BCUT2D eigenvalue weighted by molar-refractivity contribution is 0.0943. The molecule has 17 heavy (non-hydrogen) atoms. The Morgan fingerprint density at radius 1 is 1.41 bits per heavy atom. The Morgan fingerprint density at radius 3 is 2.82 bits per heavy atom. The predicted octanol–water partition coefficient (Wildman–Crippen LogP) is 2.14. The van der Waals surface area contributed by atoms with Crippen LogP contribution >= 0.6 is 12.4 Å². The molecule has 4 nitrogen and oxygen atoms in total. The van der Waals surface area contributed by atoms with E-state index in [4.69, 9.17) is 5.41 Å². The number of para-hydroxylation sites is 1. The van der Waals surface area contributed by atoms with E-state index in [1.807, 2.05) is 6.07 Å². The van der Waals surface area contributed by atoms with Gasteiger partial charge in [-0.25, -0.2) is 0 Å². The molecule has 0 aliphatic carbocycles. The van der Waals surface area contributed by atoms with Gasteiger partial charge in [0.05, 0.1) is 11.8 Å². The van der Waals surface area contributed by atoms with Crippen LogP contribution in [-0.4, -0.2) is 17.2 Å². The number of benzene rings is 1. The highest BCUT2D eigenvalue weighted by molar-refractivity contribution is 6.24. The molecule has 5 heteroatoms. The number of rotatable bonds is 0. The van der Waals surface area contributed by atoms with Crippen molar-refractivity contribution in [2.45, 2.75) is 18.4 Å². The number of carbonyl (C=O) groups excluding carboxylic acids is 1. The summed E-state index contributed by atoms with van der Waals surface area (Å²) < 4.78 is 0. The Bertz CT molecular complexity index is 563. The molecule has 1 fully saturated rings. The Balaban J connectivity index is 0.00000108. The molecule has 2 aliphatic heterocycles. The van der Waals surface area contributed by atoms with Gasteiger partial charge in [0.15, 0.2) is 5.54 Å². The number of Topliss-reactive ketones (excluding diaryl/α,β-unsaturated/α-hetero) is 1. The number of nitrogens with zero attached hydrogens (tertiary/aromatic N) is 2. The molecule has 1 aromatic rings. The van der Waals surface area contributed by atoms with Gasteiger partial charge in [-0.15, -0.1) is 12.4 Å². The van der Waals surface area contributed by atoms with E-state index in [0.29, 0.717) is 29.9 Å². The molecule has 1 atom stereocenters. The van der Waals surface area contributed by atoms with Crippen LogP contribution in [0.5, 0.6) is 0 Å². The molecule has 86 valence electrons. The van der Waals surface area contributed by atoms with Gasteiger partial charge in [-0.2, -0.15) is 5.26 Å². The van der Waals surface area contributed by atoms with E-state index >= 15 is 0 Å². The van der Waals surface area contributed by atoms with Crippen LogP contribution < -0.4 is 4.90 Å². The molecule has 1 unspecified atom stereocenters. The normalized spacial score (nSPS) is 25.0. The summed E-state index contributed by atoms with van der Waals surface area (Å²) in [6, 6.07) is 9.23. The summed E-state index contributed by atoms with van der Waals surface area (Å²) in [6.07, 6.45) is 0.920. The molecule has 2 aliphatic rings. The molecule has 1 aromatic carbocycles. The summed E-state index contributed by atoms with van der Waals surface area (Å²) in [5.74, 6) is 0.202. The highest BCUT2D eigenvalue weighted by Crippen LogP contribution is 2.45. The van der Waals surface area contributed by atoms with E-state index in [9.17, 15) is 10.1 Å². The SMILES string of the molecule is Cl.N#CC12CCC(=N)N1c1ccccc1C2=O. The highest BCUT2D eigenvalue weighted by Gasteiger charge is 2.56. The molecular weight excluding hydrogens is 238 g/mol. The number of nitrogens with one attached hydrogen (secondary N) is 1. The van der Waals surface area contributed by atoms with Crippen LogP contribution in [0.25, 0.3) is 0 Å². The molecule has 2 heterocycles. The fourth-order valence-electron chi connectivity index (χ4n) is 2.56. The Labute approximate surface area is 105 Å². The van der Waals surface area contributed by atoms with Crippen LogP contribution in [0.2, 0.25) is 0 Å². The maximum atomic E-state index is 12.2. The maximum absolute atomic E-state index is 12.2. The first-order valence-electron chi connectivity index (χ1n) is 5.13. The van der Waals surface area contributed by atoms with Crippen molar-refractivity contribution in [3.63, 3.8) is 0 Å². The number of carbonyl (C=O) groups is 1. The number of amidine groups is 1. The van der Waals surface area contributed by atoms with Gasteiger partial charge in [-0.3, -0.25) is 10.2 Å². The Hall–Kier alpha value is -1.86. The van der Waals surface area contributed by atoms with Crippen LogP contribution in [0.15, 0.2) is 24.3 Å². The summed E-state index contributed by atoms with van der Waals surface area (Å²) in [6.45, 7) is 0. The first kappa shape index (κ1) is 11.6. The van der Waals surface area contributed by atoms with E-state index in [1.165, 1.54) is 0 Å². The monoisotopic (exact) mass is 247 g/mol. The van der Waals surface area contributed by atoms with Gasteiger partial charge in [0.2, 0.25) is 5.78 Å². The molecule has 1 saturated heterocycles. The predicted molar refractivity (Wildman–Crippen MR) is 65.8 cm³/mol. The average molecular weight is 248 g/mol. The topological polar surface area (TPSA) is 68.0 Å². The van der Waals surface area contributed by atoms with Crippen molar-refractivity contribution < 1.29 is 4.79 Å². The maximum Gasteiger partial charge on any atom is 0.205 e. The highest BCUT2D eigenvalue weighted by atomic mass is 35.5. The molecular formula is C12H10ClN3O. The first-order valence-corrected chi connectivity index (χ1v) is 5.13. The third-order valence-electron chi connectivity index (χ3n) is 3.33. The number of hydrogen-bond donors (Lipinski definition) is 1. The third-order valence-corrected chi connectivity index (χ3v) is 3.33. The van der Waals surface area contributed by atoms with Gasteiger partial charge >= 0.3 is 0 Å². The van der Waals surface area contributed by atoms with Crippen molar-refractivity contribution in [1.29, 1.82) is 10.7 Å². The van der Waals surface area contributed by atoms with Gasteiger partial charge in [-0.1, -0.05) is 12.1 Å². The number of anilines is 1. The number of hydrogen-bond acceptors (Lipinski definition) is 3. The van der Waals surface area contributed by atoms with Crippen LogP contribution in [0, 0.1) is 16.7 Å². The molecule has 0 amide bonds.